The van der Waals surface area contributed by atoms with Crippen LogP contribution < -0.4 is 0 Å². The number of carboxylic acids is 1. The minimum Gasteiger partial charge on any atom is -0.478 e. The first-order valence-electron chi connectivity index (χ1n) is 6.22. The van der Waals surface area contributed by atoms with Crippen LogP contribution in [0.1, 0.15) is 23.7 Å². The van der Waals surface area contributed by atoms with Crippen LogP contribution in [0, 0.1) is 11.8 Å². The van der Waals surface area contributed by atoms with Crippen LogP contribution in [-0.4, -0.2) is 37.4 Å². The van der Waals surface area contributed by atoms with Crippen LogP contribution in [0.3, 0.4) is 0 Å². The molecule has 1 aromatic carbocycles. The van der Waals surface area contributed by atoms with E-state index in [1.165, 1.54) is 23.5 Å². The maximum absolute atomic E-state index is 12.4. The number of hydrogen-bond donors (Lipinski definition) is 1. The molecule has 1 aliphatic rings. The van der Waals surface area contributed by atoms with E-state index in [9.17, 15) is 13.2 Å². The number of halogens is 1. The smallest absolute Gasteiger partial charge is 0.335 e. The van der Waals surface area contributed by atoms with Gasteiger partial charge in [-0.15, -0.1) is 0 Å². The van der Waals surface area contributed by atoms with Crippen molar-refractivity contribution in [2.45, 2.75) is 18.2 Å². The molecule has 0 bridgehead atoms. The van der Waals surface area contributed by atoms with Crippen molar-refractivity contribution >= 4 is 27.6 Å². The molecule has 0 saturated heterocycles. The van der Waals surface area contributed by atoms with Gasteiger partial charge in [-0.1, -0.05) is 18.5 Å². The molecule has 1 saturated carbocycles. The summed E-state index contributed by atoms with van der Waals surface area (Å²) in [6.07, 6.45) is 1.02. The third kappa shape index (κ3) is 2.97. The number of carbonyl (C=O) groups is 1. The highest BCUT2D eigenvalue weighted by molar-refractivity contribution is 7.89. The van der Waals surface area contributed by atoms with Gasteiger partial charge in [-0.05, 0) is 36.5 Å². The van der Waals surface area contributed by atoms with Gasteiger partial charge in [-0.25, -0.2) is 17.5 Å². The molecule has 0 aliphatic heterocycles. The van der Waals surface area contributed by atoms with Crippen molar-refractivity contribution in [3.05, 3.63) is 28.8 Å². The Kier molecular flexibility index (Phi) is 4.09. The van der Waals surface area contributed by atoms with Crippen molar-refractivity contribution < 1.29 is 18.3 Å². The molecule has 0 aromatic heterocycles. The fourth-order valence-corrected chi connectivity index (χ4v) is 3.81. The minimum atomic E-state index is -3.77. The zero-order valence-corrected chi connectivity index (χ0v) is 12.8. The topological polar surface area (TPSA) is 74.7 Å². The van der Waals surface area contributed by atoms with Gasteiger partial charge in [0.05, 0.1) is 10.6 Å². The summed E-state index contributed by atoms with van der Waals surface area (Å²) in [5.41, 5.74) is -0.0961. The summed E-state index contributed by atoms with van der Waals surface area (Å²) in [5, 5.41) is 8.98. The fourth-order valence-electron chi connectivity index (χ4n) is 2.08. The summed E-state index contributed by atoms with van der Waals surface area (Å²) >= 11 is 5.91. The third-order valence-electron chi connectivity index (χ3n) is 3.63. The molecule has 7 heteroatoms. The lowest BCUT2D eigenvalue weighted by atomic mass is 10.2. The standard InChI is InChI=1S/C13H16ClNO4S/c1-8-5-10(8)7-15(2)20(18,19)12-6-9(13(16)17)3-4-11(12)14/h3-4,6,8,10H,5,7H2,1-2H3,(H,16,17). The van der Waals surface area contributed by atoms with Crippen LogP contribution >= 0.6 is 11.6 Å². The summed E-state index contributed by atoms with van der Waals surface area (Å²) < 4.78 is 26.1. The molecule has 0 radical (unpaired) electrons. The van der Waals surface area contributed by atoms with Gasteiger partial charge in [0, 0.05) is 13.6 Å². The molecule has 5 nitrogen and oxygen atoms in total. The van der Waals surface area contributed by atoms with E-state index < -0.39 is 16.0 Å². The lowest BCUT2D eigenvalue weighted by Gasteiger charge is -2.18. The lowest BCUT2D eigenvalue weighted by molar-refractivity contribution is 0.0696. The Balaban J connectivity index is 2.32. The molecule has 1 aromatic rings. The number of rotatable bonds is 5. The molecular weight excluding hydrogens is 302 g/mol. The second-order valence-corrected chi connectivity index (χ2v) is 7.63. The predicted molar refractivity (Wildman–Crippen MR) is 75.5 cm³/mol. The molecule has 1 N–H and O–H groups in total. The first kappa shape index (κ1) is 15.3. The second kappa shape index (κ2) is 5.35. The van der Waals surface area contributed by atoms with Crippen LogP contribution in [0.4, 0.5) is 0 Å². The first-order chi connectivity index (χ1) is 9.23. The molecule has 2 rings (SSSR count). The van der Waals surface area contributed by atoms with E-state index >= 15 is 0 Å². The largest absolute Gasteiger partial charge is 0.478 e. The summed E-state index contributed by atoms with van der Waals surface area (Å²) in [5.74, 6) is -0.277. The molecule has 1 fully saturated rings. The fraction of sp³-hybridized carbons (Fsp3) is 0.462. The summed E-state index contributed by atoms with van der Waals surface area (Å²) in [6.45, 7) is 2.50. The number of aromatic carboxylic acids is 1. The Hall–Kier alpha value is -1.11. The number of benzene rings is 1. The lowest BCUT2D eigenvalue weighted by Crippen LogP contribution is -2.29. The molecular formula is C13H16ClNO4S. The second-order valence-electron chi connectivity index (χ2n) is 5.21. The monoisotopic (exact) mass is 317 g/mol. The van der Waals surface area contributed by atoms with Crippen molar-refractivity contribution in [3.63, 3.8) is 0 Å². The first-order valence-corrected chi connectivity index (χ1v) is 8.04. The number of sulfonamides is 1. The van der Waals surface area contributed by atoms with Crippen molar-refractivity contribution in [2.24, 2.45) is 11.8 Å². The molecule has 20 heavy (non-hydrogen) atoms. The SMILES string of the molecule is CC1CC1CN(C)S(=O)(=O)c1cc(C(=O)O)ccc1Cl. The molecule has 0 amide bonds. The van der Waals surface area contributed by atoms with E-state index in [4.69, 9.17) is 16.7 Å². The van der Waals surface area contributed by atoms with Crippen molar-refractivity contribution in [2.75, 3.05) is 13.6 Å². The number of hydrogen-bond acceptors (Lipinski definition) is 3. The zero-order chi connectivity index (χ0) is 15.1. The Bertz CT molecular complexity index is 644. The molecule has 0 heterocycles. The predicted octanol–water partition coefficient (Wildman–Crippen LogP) is 2.31. The van der Waals surface area contributed by atoms with Crippen LogP contribution in [0.5, 0.6) is 0 Å². The van der Waals surface area contributed by atoms with Gasteiger partial charge >= 0.3 is 5.97 Å². The summed E-state index contributed by atoms with van der Waals surface area (Å²) in [4.78, 5) is 10.8. The van der Waals surface area contributed by atoms with E-state index in [0.29, 0.717) is 18.4 Å². The Morgan fingerprint density at radius 1 is 1.50 bits per heavy atom. The van der Waals surface area contributed by atoms with Gasteiger partial charge in [0.2, 0.25) is 10.0 Å². The van der Waals surface area contributed by atoms with Crippen LogP contribution in [-0.2, 0) is 10.0 Å². The van der Waals surface area contributed by atoms with Gasteiger partial charge in [-0.3, -0.25) is 0 Å². The average Bonchev–Trinajstić information content (AvgIpc) is 3.04. The van der Waals surface area contributed by atoms with Gasteiger partial charge in [0.1, 0.15) is 4.90 Å². The van der Waals surface area contributed by atoms with Gasteiger partial charge in [0.15, 0.2) is 0 Å². The molecule has 1 aliphatic carbocycles. The number of nitrogens with zero attached hydrogens (tertiary/aromatic N) is 1. The van der Waals surface area contributed by atoms with Gasteiger partial charge < -0.3 is 5.11 Å². The van der Waals surface area contributed by atoms with Crippen molar-refractivity contribution in [1.29, 1.82) is 0 Å². The molecule has 0 spiro atoms. The van der Waals surface area contributed by atoms with E-state index in [0.717, 1.165) is 12.5 Å². The Morgan fingerprint density at radius 3 is 2.60 bits per heavy atom. The quantitative estimate of drug-likeness (QED) is 0.904. The average molecular weight is 318 g/mol. The highest BCUT2D eigenvalue weighted by Gasteiger charge is 2.36. The van der Waals surface area contributed by atoms with E-state index in [-0.39, 0.29) is 15.5 Å². The van der Waals surface area contributed by atoms with Gasteiger partial charge in [-0.2, -0.15) is 0 Å². The molecule has 2 unspecified atom stereocenters. The van der Waals surface area contributed by atoms with Crippen LogP contribution in [0.15, 0.2) is 23.1 Å². The maximum atomic E-state index is 12.4. The van der Waals surface area contributed by atoms with Crippen LogP contribution in [0.25, 0.3) is 0 Å². The summed E-state index contributed by atoms with van der Waals surface area (Å²) in [7, 11) is -2.28. The Labute approximate surface area is 123 Å². The third-order valence-corrected chi connectivity index (χ3v) is 5.94. The molecule has 110 valence electrons. The van der Waals surface area contributed by atoms with Crippen LogP contribution in [0.2, 0.25) is 5.02 Å². The minimum absolute atomic E-state index is 0.0331. The number of carboxylic acid groups (broad SMARTS) is 1. The maximum Gasteiger partial charge on any atom is 0.335 e. The van der Waals surface area contributed by atoms with E-state index in [1.807, 2.05) is 0 Å². The highest BCUT2D eigenvalue weighted by atomic mass is 35.5. The highest BCUT2D eigenvalue weighted by Crippen LogP contribution is 2.39. The van der Waals surface area contributed by atoms with Crippen molar-refractivity contribution in [1.82, 2.24) is 4.31 Å². The van der Waals surface area contributed by atoms with Gasteiger partial charge in [0.25, 0.3) is 0 Å². The summed E-state index contributed by atoms with van der Waals surface area (Å²) in [6, 6.07) is 3.69. The Morgan fingerprint density at radius 2 is 2.10 bits per heavy atom. The zero-order valence-electron chi connectivity index (χ0n) is 11.2. The van der Waals surface area contributed by atoms with E-state index in [2.05, 4.69) is 6.92 Å². The van der Waals surface area contributed by atoms with E-state index in [1.54, 1.807) is 0 Å². The molecule has 2 atom stereocenters. The normalized spacial score (nSPS) is 22.0. The van der Waals surface area contributed by atoms with Crippen molar-refractivity contribution in [3.8, 4) is 0 Å².